The summed E-state index contributed by atoms with van der Waals surface area (Å²) >= 11 is 5.84. The zero-order chi connectivity index (χ0) is 15.0. The molecule has 0 radical (unpaired) electrons. The van der Waals surface area contributed by atoms with Crippen molar-refractivity contribution in [3.8, 4) is 0 Å². The molecule has 6 nitrogen and oxygen atoms in total. The van der Waals surface area contributed by atoms with Gasteiger partial charge in [-0.1, -0.05) is 11.6 Å². The predicted octanol–water partition coefficient (Wildman–Crippen LogP) is 2.08. The zero-order valence-electron chi connectivity index (χ0n) is 10.3. The van der Waals surface area contributed by atoms with Gasteiger partial charge < -0.3 is 14.6 Å². The van der Waals surface area contributed by atoms with Crippen LogP contribution in [0.4, 0.5) is 0 Å². The Balaban J connectivity index is 2.93. The smallest absolute Gasteiger partial charge is 0.372 e. The Labute approximate surface area is 117 Å². The molecule has 0 unspecified atom stereocenters. The maximum Gasteiger partial charge on any atom is 0.372 e. The van der Waals surface area contributed by atoms with E-state index in [1.165, 1.54) is 12.1 Å². The van der Waals surface area contributed by atoms with Crippen molar-refractivity contribution in [2.45, 2.75) is 13.3 Å². The average molecular weight is 297 g/mol. The van der Waals surface area contributed by atoms with E-state index < -0.39 is 35.1 Å². The van der Waals surface area contributed by atoms with Crippen LogP contribution < -0.4 is 5.43 Å². The molecule has 2 rings (SSSR count). The van der Waals surface area contributed by atoms with E-state index >= 15 is 0 Å². The van der Waals surface area contributed by atoms with Gasteiger partial charge in [-0.2, -0.15) is 0 Å². The van der Waals surface area contributed by atoms with E-state index in [1.807, 2.05) is 0 Å². The van der Waals surface area contributed by atoms with Crippen LogP contribution in [0.25, 0.3) is 11.0 Å². The highest BCUT2D eigenvalue weighted by molar-refractivity contribution is 6.31. The molecule has 0 fully saturated rings. The summed E-state index contributed by atoms with van der Waals surface area (Å²) in [5, 5.41) is 18.2. The van der Waals surface area contributed by atoms with Crippen molar-refractivity contribution in [2.75, 3.05) is 0 Å². The van der Waals surface area contributed by atoms with E-state index in [1.54, 1.807) is 6.92 Å². The zero-order valence-corrected chi connectivity index (χ0v) is 11.0. The summed E-state index contributed by atoms with van der Waals surface area (Å²) in [5.74, 6) is -3.47. The standard InChI is InChI=1S/C13H9ClO6/c1-5-2-6(14)3-7-10(17)8(4-9(15)16)12(13(18)19)20-11(5)7/h2-3H,4H2,1H3,(H,15,16)(H,18,19). The Morgan fingerprint density at radius 3 is 2.50 bits per heavy atom. The number of aromatic carboxylic acids is 1. The van der Waals surface area contributed by atoms with Crippen molar-refractivity contribution in [2.24, 2.45) is 0 Å². The molecule has 0 saturated carbocycles. The first kappa shape index (κ1) is 14.1. The lowest BCUT2D eigenvalue weighted by molar-refractivity contribution is -0.136. The molecule has 1 heterocycles. The van der Waals surface area contributed by atoms with Crippen molar-refractivity contribution in [3.05, 3.63) is 44.3 Å². The second-order valence-corrected chi connectivity index (χ2v) is 4.65. The lowest BCUT2D eigenvalue weighted by Gasteiger charge is -2.07. The van der Waals surface area contributed by atoms with Gasteiger partial charge in [-0.15, -0.1) is 0 Å². The van der Waals surface area contributed by atoms with Crippen molar-refractivity contribution in [3.63, 3.8) is 0 Å². The third-order valence-corrected chi connectivity index (χ3v) is 2.98. The van der Waals surface area contributed by atoms with Gasteiger partial charge >= 0.3 is 11.9 Å². The van der Waals surface area contributed by atoms with Crippen LogP contribution in [0.2, 0.25) is 5.02 Å². The summed E-state index contributed by atoms with van der Waals surface area (Å²) in [6, 6.07) is 2.85. The summed E-state index contributed by atoms with van der Waals surface area (Å²) in [7, 11) is 0. The number of aliphatic carboxylic acids is 1. The molecule has 0 saturated heterocycles. The van der Waals surface area contributed by atoms with Crippen molar-refractivity contribution < 1.29 is 24.2 Å². The molecule has 0 spiro atoms. The number of carboxylic acid groups (broad SMARTS) is 2. The highest BCUT2D eigenvalue weighted by atomic mass is 35.5. The van der Waals surface area contributed by atoms with Crippen molar-refractivity contribution >= 4 is 34.5 Å². The molecule has 20 heavy (non-hydrogen) atoms. The Morgan fingerprint density at radius 2 is 1.95 bits per heavy atom. The molecule has 7 heteroatoms. The van der Waals surface area contributed by atoms with E-state index in [-0.39, 0.29) is 16.0 Å². The second kappa shape index (κ2) is 4.97. The number of halogens is 1. The SMILES string of the molecule is Cc1cc(Cl)cc2c(=O)c(CC(=O)O)c(C(=O)O)oc12. The van der Waals surface area contributed by atoms with Crippen LogP contribution in [0.1, 0.15) is 21.7 Å². The molecular weight excluding hydrogens is 288 g/mol. The maximum absolute atomic E-state index is 12.2. The number of rotatable bonds is 3. The van der Waals surface area contributed by atoms with E-state index in [9.17, 15) is 14.4 Å². The fourth-order valence-electron chi connectivity index (χ4n) is 1.95. The Bertz CT molecular complexity index is 790. The van der Waals surface area contributed by atoms with Crippen molar-refractivity contribution in [1.29, 1.82) is 0 Å². The van der Waals surface area contributed by atoms with E-state index in [0.717, 1.165) is 0 Å². The first-order chi connectivity index (χ1) is 9.31. The van der Waals surface area contributed by atoms with E-state index in [0.29, 0.717) is 5.56 Å². The van der Waals surface area contributed by atoms with Crippen LogP contribution in [0.5, 0.6) is 0 Å². The Kier molecular flexibility index (Phi) is 3.50. The summed E-state index contributed by atoms with van der Waals surface area (Å²) in [6.07, 6.45) is -0.731. The van der Waals surface area contributed by atoms with Gasteiger partial charge in [-0.3, -0.25) is 9.59 Å². The molecule has 1 aromatic carbocycles. The van der Waals surface area contributed by atoms with Gasteiger partial charge in [0.2, 0.25) is 5.76 Å². The molecule has 2 N–H and O–H groups in total. The molecule has 104 valence electrons. The van der Waals surface area contributed by atoms with Crippen LogP contribution in [-0.2, 0) is 11.2 Å². The number of carboxylic acids is 2. The van der Waals surface area contributed by atoms with Gasteiger partial charge in [0.05, 0.1) is 17.4 Å². The number of carbonyl (C=O) groups is 2. The Hall–Kier alpha value is -2.34. The molecule has 0 bridgehead atoms. The highest BCUT2D eigenvalue weighted by Gasteiger charge is 2.22. The molecule has 0 atom stereocenters. The number of benzene rings is 1. The quantitative estimate of drug-likeness (QED) is 0.898. The molecule has 0 aliphatic rings. The minimum absolute atomic E-state index is 0.0660. The fourth-order valence-corrected chi connectivity index (χ4v) is 2.22. The van der Waals surface area contributed by atoms with Gasteiger partial charge in [0.1, 0.15) is 5.58 Å². The molecule has 0 aliphatic heterocycles. The molecule has 1 aromatic heterocycles. The third-order valence-electron chi connectivity index (χ3n) is 2.76. The molecular formula is C13H9ClO6. The molecule has 0 aliphatic carbocycles. The highest BCUT2D eigenvalue weighted by Crippen LogP contribution is 2.24. The lowest BCUT2D eigenvalue weighted by atomic mass is 10.1. The van der Waals surface area contributed by atoms with Gasteiger partial charge in [-0.05, 0) is 24.6 Å². The van der Waals surface area contributed by atoms with E-state index in [4.69, 9.17) is 26.2 Å². The summed E-state index contributed by atoms with van der Waals surface area (Å²) in [4.78, 5) is 34.1. The van der Waals surface area contributed by atoms with Crippen molar-refractivity contribution in [1.82, 2.24) is 0 Å². The summed E-state index contributed by atoms with van der Waals surface area (Å²) < 4.78 is 5.20. The first-order valence-corrected chi connectivity index (χ1v) is 5.90. The minimum Gasteiger partial charge on any atom is -0.481 e. The average Bonchev–Trinajstić information content (AvgIpc) is 2.32. The number of hydrogen-bond acceptors (Lipinski definition) is 4. The predicted molar refractivity (Wildman–Crippen MR) is 70.5 cm³/mol. The van der Waals surface area contributed by atoms with Crippen LogP contribution in [0.15, 0.2) is 21.3 Å². The van der Waals surface area contributed by atoms with Gasteiger partial charge in [0.15, 0.2) is 5.43 Å². The minimum atomic E-state index is -1.49. The van der Waals surface area contributed by atoms with Crippen LogP contribution in [0.3, 0.4) is 0 Å². The third kappa shape index (κ3) is 2.37. The molecule has 0 amide bonds. The number of aryl methyl sites for hydroxylation is 1. The van der Waals surface area contributed by atoms with Gasteiger partial charge in [0.25, 0.3) is 0 Å². The summed E-state index contributed by atoms with van der Waals surface area (Å²) in [6.45, 7) is 1.61. The lowest BCUT2D eigenvalue weighted by Crippen LogP contribution is -2.19. The topological polar surface area (TPSA) is 105 Å². The Morgan fingerprint density at radius 1 is 1.30 bits per heavy atom. The maximum atomic E-state index is 12.2. The number of fused-ring (bicyclic) bond motifs is 1. The van der Waals surface area contributed by atoms with Gasteiger partial charge in [0, 0.05) is 5.02 Å². The normalized spacial score (nSPS) is 10.7. The number of hydrogen-bond donors (Lipinski definition) is 2. The molecule has 2 aromatic rings. The van der Waals surface area contributed by atoms with Crippen LogP contribution in [-0.4, -0.2) is 22.2 Å². The first-order valence-electron chi connectivity index (χ1n) is 5.52. The summed E-state index contributed by atoms with van der Waals surface area (Å²) in [5.41, 5.74) is -0.518. The van der Waals surface area contributed by atoms with Crippen LogP contribution >= 0.6 is 11.6 Å². The van der Waals surface area contributed by atoms with Gasteiger partial charge in [-0.25, -0.2) is 4.79 Å². The van der Waals surface area contributed by atoms with Crippen LogP contribution in [0, 0.1) is 6.92 Å². The second-order valence-electron chi connectivity index (χ2n) is 4.21. The van der Waals surface area contributed by atoms with E-state index in [2.05, 4.69) is 0 Å². The largest absolute Gasteiger partial charge is 0.481 e. The monoisotopic (exact) mass is 296 g/mol. The fraction of sp³-hybridized carbons (Fsp3) is 0.154.